The van der Waals surface area contributed by atoms with Crippen molar-refractivity contribution in [2.24, 2.45) is 17.8 Å². The van der Waals surface area contributed by atoms with Gasteiger partial charge in [-0.3, -0.25) is 0 Å². The predicted octanol–water partition coefficient (Wildman–Crippen LogP) is 3.97. The minimum atomic E-state index is 0.510. The van der Waals surface area contributed by atoms with Crippen LogP contribution in [0.1, 0.15) is 32.6 Å². The number of nitrogens with one attached hydrogen (secondary N) is 1. The number of aromatic nitrogens is 1. The summed E-state index contributed by atoms with van der Waals surface area (Å²) in [6.45, 7) is 2.29. The number of fused-ring (bicyclic) bond motifs is 2. The molecule has 0 aliphatic heterocycles. The zero-order chi connectivity index (χ0) is 11.8. The van der Waals surface area contributed by atoms with Gasteiger partial charge < -0.3 is 5.32 Å². The molecule has 0 aromatic carbocycles. The molecule has 2 aliphatic carbocycles. The maximum absolute atomic E-state index is 5.90. The Morgan fingerprint density at radius 2 is 2.24 bits per heavy atom. The number of hydrogen-bond acceptors (Lipinski definition) is 2. The first-order valence-electron chi connectivity index (χ1n) is 6.61. The van der Waals surface area contributed by atoms with E-state index in [1.807, 2.05) is 18.2 Å². The van der Waals surface area contributed by atoms with Crippen LogP contribution in [0.2, 0.25) is 5.15 Å². The van der Waals surface area contributed by atoms with E-state index in [1.54, 1.807) is 0 Å². The summed E-state index contributed by atoms with van der Waals surface area (Å²) in [4.78, 5) is 4.30. The van der Waals surface area contributed by atoms with Gasteiger partial charge in [0, 0.05) is 6.04 Å². The molecule has 1 aromatic heterocycles. The zero-order valence-corrected chi connectivity index (χ0v) is 11.0. The molecule has 2 nitrogen and oxygen atoms in total. The second-order valence-corrected chi connectivity index (χ2v) is 6.00. The number of rotatable bonds is 3. The van der Waals surface area contributed by atoms with E-state index in [9.17, 15) is 0 Å². The average Bonchev–Trinajstić information content (AvgIpc) is 2.90. The highest BCUT2D eigenvalue weighted by Gasteiger charge is 2.41. The molecule has 0 amide bonds. The van der Waals surface area contributed by atoms with Crippen LogP contribution in [0.5, 0.6) is 0 Å². The van der Waals surface area contributed by atoms with Crippen molar-refractivity contribution in [1.82, 2.24) is 4.98 Å². The minimum Gasteiger partial charge on any atom is -0.367 e. The Bertz CT molecular complexity index is 407. The van der Waals surface area contributed by atoms with E-state index in [1.165, 1.54) is 25.7 Å². The first-order valence-corrected chi connectivity index (χ1v) is 6.99. The van der Waals surface area contributed by atoms with Gasteiger partial charge in [-0.05, 0) is 56.1 Å². The predicted molar refractivity (Wildman–Crippen MR) is 71.3 cm³/mol. The zero-order valence-electron chi connectivity index (χ0n) is 10.2. The molecular formula is C14H19ClN2. The van der Waals surface area contributed by atoms with Crippen LogP contribution >= 0.6 is 11.6 Å². The first kappa shape index (κ1) is 11.3. The third-order valence-corrected chi connectivity index (χ3v) is 4.74. The van der Waals surface area contributed by atoms with Crippen LogP contribution in [0.4, 0.5) is 5.82 Å². The van der Waals surface area contributed by atoms with Gasteiger partial charge in [0.05, 0.1) is 0 Å². The normalized spacial score (nSPS) is 32.7. The van der Waals surface area contributed by atoms with Crippen molar-refractivity contribution in [1.29, 1.82) is 0 Å². The molecule has 92 valence electrons. The minimum absolute atomic E-state index is 0.510. The molecule has 0 spiro atoms. The van der Waals surface area contributed by atoms with Crippen molar-refractivity contribution in [2.45, 2.75) is 38.6 Å². The molecule has 2 aliphatic rings. The first-order chi connectivity index (χ1) is 8.22. The summed E-state index contributed by atoms with van der Waals surface area (Å²) in [6.07, 6.45) is 5.76. The van der Waals surface area contributed by atoms with Crippen LogP contribution < -0.4 is 5.32 Å². The highest BCUT2D eigenvalue weighted by Crippen LogP contribution is 2.49. The Morgan fingerprint density at radius 3 is 2.88 bits per heavy atom. The number of halogens is 1. The summed E-state index contributed by atoms with van der Waals surface area (Å²) in [5.74, 6) is 3.69. The van der Waals surface area contributed by atoms with Crippen molar-refractivity contribution in [3.05, 3.63) is 23.4 Å². The number of pyridine rings is 1. The van der Waals surface area contributed by atoms with Gasteiger partial charge >= 0.3 is 0 Å². The highest BCUT2D eigenvalue weighted by atomic mass is 35.5. The van der Waals surface area contributed by atoms with Crippen LogP contribution in [0, 0.1) is 17.8 Å². The van der Waals surface area contributed by atoms with Crippen LogP contribution in [0.15, 0.2) is 18.2 Å². The molecule has 4 unspecified atom stereocenters. The monoisotopic (exact) mass is 250 g/mol. The quantitative estimate of drug-likeness (QED) is 0.821. The Hall–Kier alpha value is -0.760. The fourth-order valence-corrected chi connectivity index (χ4v) is 3.90. The standard InChI is InChI=1S/C14H19ClN2/c1-9(12-8-10-5-6-11(12)7-10)16-14-4-2-3-13(15)17-14/h2-4,9-12H,5-8H2,1H3,(H,16,17). The average molecular weight is 251 g/mol. The van der Waals surface area contributed by atoms with Gasteiger partial charge in [-0.1, -0.05) is 24.1 Å². The highest BCUT2D eigenvalue weighted by molar-refractivity contribution is 6.29. The molecule has 0 saturated heterocycles. The number of nitrogens with zero attached hydrogens (tertiary/aromatic N) is 1. The largest absolute Gasteiger partial charge is 0.367 e. The van der Waals surface area contributed by atoms with Gasteiger partial charge in [-0.25, -0.2) is 4.98 Å². The molecule has 1 N–H and O–H groups in total. The number of anilines is 1. The number of hydrogen-bond donors (Lipinski definition) is 1. The third kappa shape index (κ3) is 2.28. The lowest BCUT2D eigenvalue weighted by Gasteiger charge is -2.28. The van der Waals surface area contributed by atoms with E-state index < -0.39 is 0 Å². The Labute approximate surface area is 108 Å². The van der Waals surface area contributed by atoms with E-state index in [2.05, 4.69) is 17.2 Å². The summed E-state index contributed by atoms with van der Waals surface area (Å²) < 4.78 is 0. The summed E-state index contributed by atoms with van der Waals surface area (Å²) in [5, 5.41) is 4.08. The fourth-order valence-electron chi connectivity index (χ4n) is 3.74. The summed E-state index contributed by atoms with van der Waals surface area (Å²) in [5.41, 5.74) is 0. The molecule has 2 saturated carbocycles. The summed E-state index contributed by atoms with van der Waals surface area (Å²) in [6, 6.07) is 6.27. The molecule has 2 fully saturated rings. The van der Waals surface area contributed by atoms with Gasteiger partial charge in [0.1, 0.15) is 11.0 Å². The van der Waals surface area contributed by atoms with Crippen molar-refractivity contribution >= 4 is 17.4 Å². The molecule has 2 bridgehead atoms. The van der Waals surface area contributed by atoms with Crippen molar-refractivity contribution < 1.29 is 0 Å². The van der Waals surface area contributed by atoms with E-state index in [-0.39, 0.29) is 0 Å². The lowest BCUT2D eigenvalue weighted by Crippen LogP contribution is -2.30. The van der Waals surface area contributed by atoms with Crippen molar-refractivity contribution in [3.63, 3.8) is 0 Å². The lowest BCUT2D eigenvalue weighted by atomic mass is 9.84. The Kier molecular flexibility index (Phi) is 2.99. The van der Waals surface area contributed by atoms with E-state index in [0.717, 1.165) is 23.6 Å². The molecule has 3 heteroatoms. The SMILES string of the molecule is CC(Nc1cccc(Cl)n1)C1CC2CCC1C2. The van der Waals surface area contributed by atoms with Crippen LogP contribution in [0.25, 0.3) is 0 Å². The van der Waals surface area contributed by atoms with Gasteiger partial charge in [0.15, 0.2) is 0 Å². The fraction of sp³-hybridized carbons (Fsp3) is 0.643. The second-order valence-electron chi connectivity index (χ2n) is 5.62. The van der Waals surface area contributed by atoms with E-state index in [0.29, 0.717) is 11.2 Å². The molecule has 4 atom stereocenters. The molecule has 3 rings (SSSR count). The van der Waals surface area contributed by atoms with Crippen LogP contribution in [-0.2, 0) is 0 Å². The molecular weight excluding hydrogens is 232 g/mol. The Balaban J connectivity index is 1.65. The third-order valence-electron chi connectivity index (χ3n) is 4.53. The molecule has 17 heavy (non-hydrogen) atoms. The molecule has 0 radical (unpaired) electrons. The lowest BCUT2D eigenvalue weighted by molar-refractivity contribution is 0.304. The maximum Gasteiger partial charge on any atom is 0.131 e. The Morgan fingerprint density at radius 1 is 1.35 bits per heavy atom. The molecule has 1 heterocycles. The topological polar surface area (TPSA) is 24.9 Å². The van der Waals surface area contributed by atoms with Crippen molar-refractivity contribution in [3.8, 4) is 0 Å². The van der Waals surface area contributed by atoms with Gasteiger partial charge in [-0.15, -0.1) is 0 Å². The van der Waals surface area contributed by atoms with Crippen LogP contribution in [-0.4, -0.2) is 11.0 Å². The van der Waals surface area contributed by atoms with E-state index in [4.69, 9.17) is 11.6 Å². The van der Waals surface area contributed by atoms with E-state index >= 15 is 0 Å². The summed E-state index contributed by atoms with van der Waals surface area (Å²) >= 11 is 5.90. The smallest absolute Gasteiger partial charge is 0.131 e. The maximum atomic E-state index is 5.90. The summed E-state index contributed by atoms with van der Waals surface area (Å²) in [7, 11) is 0. The van der Waals surface area contributed by atoms with Gasteiger partial charge in [-0.2, -0.15) is 0 Å². The van der Waals surface area contributed by atoms with Crippen LogP contribution in [0.3, 0.4) is 0 Å². The van der Waals surface area contributed by atoms with Gasteiger partial charge in [0.2, 0.25) is 0 Å². The van der Waals surface area contributed by atoms with Gasteiger partial charge in [0.25, 0.3) is 0 Å². The second kappa shape index (κ2) is 4.49. The molecule has 1 aromatic rings. The van der Waals surface area contributed by atoms with Crippen molar-refractivity contribution in [2.75, 3.05) is 5.32 Å².